The molecule has 0 saturated heterocycles. The summed E-state index contributed by atoms with van der Waals surface area (Å²) < 4.78 is 1.78. The maximum Gasteiger partial charge on any atom is 0.270 e. The van der Waals surface area contributed by atoms with Crippen molar-refractivity contribution in [1.82, 2.24) is 9.38 Å². The Morgan fingerprint density at radius 2 is 2.05 bits per heavy atom. The molecule has 2 aromatic heterocycles. The fourth-order valence-electron chi connectivity index (χ4n) is 2.23. The molecule has 0 saturated carbocycles. The van der Waals surface area contributed by atoms with Gasteiger partial charge in [-0.15, -0.1) is 0 Å². The van der Waals surface area contributed by atoms with Crippen molar-refractivity contribution in [2.75, 3.05) is 0 Å². The first kappa shape index (κ1) is 13.9. The van der Waals surface area contributed by atoms with Crippen LogP contribution >= 0.6 is 23.2 Å². The van der Waals surface area contributed by atoms with Crippen molar-refractivity contribution < 1.29 is 4.92 Å². The second kappa shape index (κ2) is 5.02. The normalized spacial score (nSPS) is 11.0. The van der Waals surface area contributed by atoms with E-state index in [0.717, 1.165) is 5.69 Å². The third-order valence-corrected chi connectivity index (χ3v) is 3.70. The van der Waals surface area contributed by atoms with Crippen molar-refractivity contribution in [2.45, 2.75) is 6.92 Å². The molecular weight excluding hydrogens is 313 g/mol. The summed E-state index contributed by atoms with van der Waals surface area (Å²) in [6.45, 7) is 1.86. The van der Waals surface area contributed by atoms with Gasteiger partial charge in [0.15, 0.2) is 5.65 Å². The van der Waals surface area contributed by atoms with Crippen LogP contribution in [0.4, 0.5) is 5.69 Å². The van der Waals surface area contributed by atoms with E-state index in [2.05, 4.69) is 4.98 Å². The Morgan fingerprint density at radius 1 is 1.29 bits per heavy atom. The molecule has 5 nitrogen and oxygen atoms in total. The average Bonchev–Trinajstić information content (AvgIpc) is 2.77. The number of nitrogens with zero attached hydrogens (tertiary/aromatic N) is 3. The summed E-state index contributed by atoms with van der Waals surface area (Å²) in [6.07, 6.45) is 1.71. The molecule has 3 rings (SSSR count). The minimum atomic E-state index is -0.432. The summed E-state index contributed by atoms with van der Waals surface area (Å²) in [5.74, 6) is 0. The van der Waals surface area contributed by atoms with Crippen molar-refractivity contribution in [3.63, 3.8) is 0 Å². The number of fused-ring (bicyclic) bond motifs is 1. The quantitative estimate of drug-likeness (QED) is 0.514. The zero-order chi connectivity index (χ0) is 15.1. The number of nitro groups is 1. The second-order valence-electron chi connectivity index (χ2n) is 4.55. The Kier molecular flexibility index (Phi) is 3.31. The molecular formula is C14H9Cl2N3O2. The van der Waals surface area contributed by atoms with Crippen LogP contribution < -0.4 is 0 Å². The third kappa shape index (κ3) is 2.34. The van der Waals surface area contributed by atoms with E-state index in [1.807, 2.05) is 6.92 Å². The fourth-order valence-corrected chi connectivity index (χ4v) is 2.74. The molecule has 21 heavy (non-hydrogen) atoms. The number of benzene rings is 1. The van der Waals surface area contributed by atoms with Gasteiger partial charge in [0.05, 0.1) is 20.7 Å². The predicted molar refractivity (Wildman–Crippen MR) is 82.0 cm³/mol. The lowest BCUT2D eigenvalue weighted by Gasteiger charge is -2.00. The molecule has 0 spiro atoms. The molecule has 3 aromatic rings. The number of hydrogen-bond acceptors (Lipinski definition) is 3. The predicted octanol–water partition coefficient (Wildman–Crippen LogP) is 4.52. The number of hydrogen-bond donors (Lipinski definition) is 0. The van der Waals surface area contributed by atoms with Gasteiger partial charge in [-0.3, -0.25) is 10.1 Å². The Morgan fingerprint density at radius 3 is 2.76 bits per heavy atom. The Hall–Kier alpha value is -2.11. The second-order valence-corrected chi connectivity index (χ2v) is 5.40. The van der Waals surface area contributed by atoms with Crippen LogP contribution in [-0.2, 0) is 0 Å². The number of halogens is 2. The number of aryl methyl sites for hydroxylation is 1. The van der Waals surface area contributed by atoms with Crippen molar-refractivity contribution in [3.05, 3.63) is 62.4 Å². The van der Waals surface area contributed by atoms with Gasteiger partial charge in [-0.1, -0.05) is 35.3 Å². The van der Waals surface area contributed by atoms with Gasteiger partial charge < -0.3 is 4.40 Å². The first-order chi connectivity index (χ1) is 9.97. The third-order valence-electron chi connectivity index (χ3n) is 3.21. The number of nitro benzene ring substituents is 1. The van der Waals surface area contributed by atoms with E-state index in [1.54, 1.807) is 28.8 Å². The van der Waals surface area contributed by atoms with Crippen LogP contribution in [0.3, 0.4) is 0 Å². The van der Waals surface area contributed by atoms with Crippen molar-refractivity contribution in [3.8, 4) is 11.3 Å². The van der Waals surface area contributed by atoms with Gasteiger partial charge in [0, 0.05) is 29.6 Å². The summed E-state index contributed by atoms with van der Waals surface area (Å²) >= 11 is 12.1. The van der Waals surface area contributed by atoms with E-state index in [0.29, 0.717) is 26.9 Å². The highest BCUT2D eigenvalue weighted by Crippen LogP contribution is 2.30. The van der Waals surface area contributed by atoms with Crippen LogP contribution in [0.25, 0.3) is 16.9 Å². The van der Waals surface area contributed by atoms with Gasteiger partial charge in [0.25, 0.3) is 5.69 Å². The molecule has 0 aliphatic rings. The van der Waals surface area contributed by atoms with E-state index in [-0.39, 0.29) is 5.69 Å². The SMILES string of the molecule is Cc1c(-c2cccc([N+](=O)[O-])c2)nc2c(Cl)cc(Cl)cn12. The van der Waals surface area contributed by atoms with Gasteiger partial charge in [0.1, 0.15) is 0 Å². The maximum absolute atomic E-state index is 10.9. The van der Waals surface area contributed by atoms with Gasteiger partial charge in [-0.25, -0.2) is 4.98 Å². The van der Waals surface area contributed by atoms with E-state index in [1.165, 1.54) is 12.1 Å². The van der Waals surface area contributed by atoms with Crippen molar-refractivity contribution in [2.24, 2.45) is 0 Å². The minimum Gasteiger partial charge on any atom is -0.301 e. The maximum atomic E-state index is 10.9. The first-order valence-electron chi connectivity index (χ1n) is 6.06. The lowest BCUT2D eigenvalue weighted by atomic mass is 10.1. The summed E-state index contributed by atoms with van der Waals surface area (Å²) in [5.41, 5.74) is 2.71. The zero-order valence-corrected chi connectivity index (χ0v) is 12.4. The molecule has 0 amide bonds. The standard InChI is InChI=1S/C14H9Cl2N3O2/c1-8-13(9-3-2-4-11(5-9)19(20)21)17-14-12(16)6-10(15)7-18(8)14/h2-7H,1H3. The molecule has 2 heterocycles. The Bertz CT molecular complexity index is 874. The highest BCUT2D eigenvalue weighted by Gasteiger charge is 2.15. The highest BCUT2D eigenvalue weighted by atomic mass is 35.5. The molecule has 0 fully saturated rings. The highest BCUT2D eigenvalue weighted by molar-refractivity contribution is 6.36. The smallest absolute Gasteiger partial charge is 0.270 e. The lowest BCUT2D eigenvalue weighted by molar-refractivity contribution is -0.384. The number of aromatic nitrogens is 2. The van der Waals surface area contributed by atoms with Gasteiger partial charge in [-0.2, -0.15) is 0 Å². The van der Waals surface area contributed by atoms with Crippen LogP contribution in [0.1, 0.15) is 5.69 Å². The summed E-state index contributed by atoms with van der Waals surface area (Å²) in [7, 11) is 0. The topological polar surface area (TPSA) is 60.4 Å². The zero-order valence-electron chi connectivity index (χ0n) is 10.9. The van der Waals surface area contributed by atoms with E-state index >= 15 is 0 Å². The lowest BCUT2D eigenvalue weighted by Crippen LogP contribution is -1.90. The molecule has 0 aliphatic carbocycles. The molecule has 0 radical (unpaired) electrons. The molecule has 0 unspecified atom stereocenters. The monoisotopic (exact) mass is 321 g/mol. The number of pyridine rings is 1. The van der Waals surface area contributed by atoms with Gasteiger partial charge >= 0.3 is 0 Å². The molecule has 1 aromatic carbocycles. The van der Waals surface area contributed by atoms with Crippen LogP contribution in [-0.4, -0.2) is 14.3 Å². The van der Waals surface area contributed by atoms with Crippen LogP contribution in [0, 0.1) is 17.0 Å². The van der Waals surface area contributed by atoms with Crippen LogP contribution in [0.5, 0.6) is 0 Å². The van der Waals surface area contributed by atoms with Gasteiger partial charge in [0.2, 0.25) is 0 Å². The van der Waals surface area contributed by atoms with Crippen molar-refractivity contribution in [1.29, 1.82) is 0 Å². The van der Waals surface area contributed by atoms with Gasteiger partial charge in [-0.05, 0) is 13.0 Å². The first-order valence-corrected chi connectivity index (χ1v) is 6.81. The van der Waals surface area contributed by atoms with Crippen molar-refractivity contribution >= 4 is 34.5 Å². The minimum absolute atomic E-state index is 0.0214. The fraction of sp³-hybridized carbons (Fsp3) is 0.0714. The molecule has 0 N–H and O–H groups in total. The summed E-state index contributed by atoms with van der Waals surface area (Å²) in [6, 6.07) is 7.95. The number of imidazole rings is 1. The molecule has 106 valence electrons. The number of rotatable bonds is 2. The van der Waals surface area contributed by atoms with E-state index < -0.39 is 4.92 Å². The van der Waals surface area contributed by atoms with Crippen LogP contribution in [0.15, 0.2) is 36.5 Å². The molecule has 0 atom stereocenters. The van der Waals surface area contributed by atoms with E-state index in [4.69, 9.17) is 23.2 Å². The Balaban J connectivity index is 2.26. The van der Waals surface area contributed by atoms with E-state index in [9.17, 15) is 10.1 Å². The summed E-state index contributed by atoms with van der Waals surface area (Å²) in [4.78, 5) is 14.9. The molecule has 0 bridgehead atoms. The average molecular weight is 322 g/mol. The van der Waals surface area contributed by atoms with Crippen LogP contribution in [0.2, 0.25) is 10.0 Å². The molecule has 0 aliphatic heterocycles. The molecule has 7 heteroatoms. The summed E-state index contributed by atoms with van der Waals surface area (Å²) in [5, 5.41) is 11.8. The number of non-ortho nitro benzene ring substituents is 1. The Labute approximate surface area is 129 Å². The largest absolute Gasteiger partial charge is 0.301 e.